The monoisotopic (exact) mass is 366 g/mol. The Hall–Kier alpha value is -2.93. The molecule has 0 saturated carbocycles. The summed E-state index contributed by atoms with van der Waals surface area (Å²) in [6.07, 6.45) is 0. The number of benzene rings is 2. The largest absolute Gasteiger partial charge is 0.465 e. The zero-order valence-corrected chi connectivity index (χ0v) is 15.1. The summed E-state index contributed by atoms with van der Waals surface area (Å²) >= 11 is 5.57. The molecule has 0 bridgehead atoms. The Morgan fingerprint density at radius 3 is 2.77 bits per heavy atom. The number of nitrogens with zero attached hydrogens (tertiary/aromatic N) is 3. The Bertz CT molecular complexity index is 998. The van der Waals surface area contributed by atoms with Gasteiger partial charge in [0.25, 0.3) is 0 Å². The molecule has 7 heteroatoms. The third-order valence-electron chi connectivity index (χ3n) is 4.52. The topological polar surface area (TPSA) is 59.4 Å². The number of fused-ring (bicyclic) bond motifs is 3. The maximum atomic E-state index is 11.9. The van der Waals surface area contributed by atoms with Gasteiger partial charge in [-0.3, -0.25) is 0 Å². The van der Waals surface area contributed by atoms with Gasteiger partial charge >= 0.3 is 5.97 Å². The van der Waals surface area contributed by atoms with Gasteiger partial charge in [-0.25, -0.2) is 9.78 Å². The number of hydrogen-bond donors (Lipinski definition) is 1. The molecule has 0 atom stereocenters. The standard InChI is InChI=1S/C19H18N4O2S/c1-25-18(24)13-6-2-3-7-14(13)21-19(26)22-10-11-23-16-9-5-4-8-15(16)20-17(23)12-22/h2-9H,10-12H2,1H3,(H,21,26). The van der Waals surface area contributed by atoms with Crippen molar-refractivity contribution in [2.75, 3.05) is 19.0 Å². The molecule has 1 aliphatic rings. The van der Waals surface area contributed by atoms with Crippen LogP contribution in [-0.4, -0.2) is 39.2 Å². The van der Waals surface area contributed by atoms with Crippen molar-refractivity contribution >= 4 is 40.0 Å². The number of methoxy groups -OCH3 is 1. The van der Waals surface area contributed by atoms with Gasteiger partial charge in [0.1, 0.15) is 5.82 Å². The summed E-state index contributed by atoms with van der Waals surface area (Å²) in [4.78, 5) is 18.7. The maximum absolute atomic E-state index is 11.9. The molecule has 1 N–H and O–H groups in total. The van der Waals surface area contributed by atoms with E-state index in [1.807, 2.05) is 30.3 Å². The lowest BCUT2D eigenvalue weighted by Gasteiger charge is -2.30. The number of hydrogen-bond acceptors (Lipinski definition) is 4. The zero-order valence-electron chi connectivity index (χ0n) is 14.3. The molecule has 0 spiro atoms. The summed E-state index contributed by atoms with van der Waals surface area (Å²) in [5.74, 6) is 0.596. The molecule has 2 aromatic carbocycles. The second kappa shape index (κ2) is 6.76. The number of carbonyl (C=O) groups excluding carboxylic acids is 1. The molecule has 6 nitrogen and oxygen atoms in total. The van der Waals surface area contributed by atoms with Crippen LogP contribution in [0.25, 0.3) is 11.0 Å². The van der Waals surface area contributed by atoms with Crippen LogP contribution in [-0.2, 0) is 17.8 Å². The molecule has 26 heavy (non-hydrogen) atoms. The smallest absolute Gasteiger partial charge is 0.339 e. The van der Waals surface area contributed by atoms with Gasteiger partial charge in [-0.2, -0.15) is 0 Å². The number of aromatic nitrogens is 2. The fourth-order valence-electron chi connectivity index (χ4n) is 3.21. The van der Waals surface area contributed by atoms with Crippen LogP contribution in [0.4, 0.5) is 5.69 Å². The van der Waals surface area contributed by atoms with E-state index in [1.54, 1.807) is 12.1 Å². The van der Waals surface area contributed by atoms with Gasteiger partial charge in [-0.15, -0.1) is 0 Å². The van der Waals surface area contributed by atoms with E-state index in [1.165, 1.54) is 7.11 Å². The minimum atomic E-state index is -0.392. The van der Waals surface area contributed by atoms with Crippen LogP contribution in [0.5, 0.6) is 0 Å². The average molecular weight is 366 g/mol. The van der Waals surface area contributed by atoms with E-state index in [9.17, 15) is 4.79 Å². The molecule has 0 saturated heterocycles. The minimum absolute atomic E-state index is 0.392. The first-order valence-corrected chi connectivity index (χ1v) is 8.75. The summed E-state index contributed by atoms with van der Waals surface area (Å²) < 4.78 is 7.07. The van der Waals surface area contributed by atoms with Gasteiger partial charge in [0.2, 0.25) is 0 Å². The Morgan fingerprint density at radius 1 is 1.15 bits per heavy atom. The summed E-state index contributed by atoms with van der Waals surface area (Å²) in [5.41, 5.74) is 3.25. The number of anilines is 1. The first-order chi connectivity index (χ1) is 12.7. The van der Waals surface area contributed by atoms with Crippen LogP contribution in [0.3, 0.4) is 0 Å². The molecule has 2 heterocycles. The molecule has 1 aromatic heterocycles. The Labute approximate surface area is 156 Å². The van der Waals surface area contributed by atoms with Crippen LogP contribution in [0.1, 0.15) is 16.2 Å². The predicted molar refractivity (Wildman–Crippen MR) is 104 cm³/mol. The van der Waals surface area contributed by atoms with E-state index in [0.717, 1.165) is 29.9 Å². The molecule has 0 fully saturated rings. The fraction of sp³-hybridized carbons (Fsp3) is 0.211. The van der Waals surface area contributed by atoms with Crippen molar-refractivity contribution < 1.29 is 9.53 Å². The highest BCUT2D eigenvalue weighted by molar-refractivity contribution is 7.80. The Kier molecular flexibility index (Phi) is 4.30. The van der Waals surface area contributed by atoms with Crippen LogP contribution < -0.4 is 5.32 Å². The summed E-state index contributed by atoms with van der Waals surface area (Å²) in [6, 6.07) is 15.3. The number of nitrogens with one attached hydrogen (secondary N) is 1. The lowest BCUT2D eigenvalue weighted by Crippen LogP contribution is -2.40. The van der Waals surface area contributed by atoms with Crippen LogP contribution in [0.2, 0.25) is 0 Å². The van der Waals surface area contributed by atoms with E-state index in [4.69, 9.17) is 21.9 Å². The highest BCUT2D eigenvalue weighted by atomic mass is 32.1. The number of imidazole rings is 1. The zero-order chi connectivity index (χ0) is 18.1. The predicted octanol–water partition coefficient (Wildman–Crippen LogP) is 3.04. The van der Waals surface area contributed by atoms with Crippen LogP contribution in [0.15, 0.2) is 48.5 Å². The van der Waals surface area contributed by atoms with E-state index in [-0.39, 0.29) is 0 Å². The number of esters is 1. The van der Waals surface area contributed by atoms with E-state index in [2.05, 4.69) is 20.9 Å². The average Bonchev–Trinajstić information content (AvgIpc) is 3.05. The van der Waals surface area contributed by atoms with E-state index >= 15 is 0 Å². The van der Waals surface area contributed by atoms with Crippen molar-refractivity contribution in [3.8, 4) is 0 Å². The van der Waals surface area contributed by atoms with Crippen LogP contribution in [0, 0.1) is 0 Å². The summed E-state index contributed by atoms with van der Waals surface area (Å²) in [7, 11) is 1.37. The molecule has 0 radical (unpaired) electrons. The number of rotatable bonds is 2. The highest BCUT2D eigenvalue weighted by Gasteiger charge is 2.22. The summed E-state index contributed by atoms with van der Waals surface area (Å²) in [5, 5.41) is 3.75. The van der Waals surface area contributed by atoms with Gasteiger partial charge in [-0.1, -0.05) is 24.3 Å². The highest BCUT2D eigenvalue weighted by Crippen LogP contribution is 2.22. The molecule has 0 amide bonds. The molecule has 3 aromatic rings. The maximum Gasteiger partial charge on any atom is 0.339 e. The summed E-state index contributed by atoms with van der Waals surface area (Å²) in [6.45, 7) is 2.22. The van der Waals surface area contributed by atoms with Crippen molar-refractivity contribution in [2.45, 2.75) is 13.1 Å². The normalized spacial score (nSPS) is 13.3. The second-order valence-electron chi connectivity index (χ2n) is 6.06. The fourth-order valence-corrected chi connectivity index (χ4v) is 3.48. The lowest BCUT2D eigenvalue weighted by molar-refractivity contribution is 0.0602. The molecule has 0 aliphatic carbocycles. The van der Waals surface area contributed by atoms with Crippen molar-refractivity contribution in [2.24, 2.45) is 0 Å². The molecular formula is C19H18N4O2S. The van der Waals surface area contributed by atoms with E-state index < -0.39 is 5.97 Å². The van der Waals surface area contributed by atoms with Crippen molar-refractivity contribution in [1.29, 1.82) is 0 Å². The first kappa shape index (κ1) is 16.5. The molecule has 132 valence electrons. The van der Waals surface area contributed by atoms with Crippen molar-refractivity contribution in [3.63, 3.8) is 0 Å². The molecule has 4 rings (SSSR count). The van der Waals surface area contributed by atoms with Gasteiger partial charge in [0.15, 0.2) is 5.11 Å². The molecular weight excluding hydrogens is 348 g/mol. The number of carbonyl (C=O) groups is 1. The van der Waals surface area contributed by atoms with Gasteiger partial charge < -0.3 is 19.5 Å². The third kappa shape index (κ3) is 2.90. The lowest BCUT2D eigenvalue weighted by atomic mass is 10.2. The number of para-hydroxylation sites is 3. The second-order valence-corrected chi connectivity index (χ2v) is 6.44. The molecule has 0 unspecified atom stereocenters. The van der Waals surface area contributed by atoms with Crippen molar-refractivity contribution in [3.05, 3.63) is 59.9 Å². The Balaban J connectivity index is 1.55. The number of ether oxygens (including phenoxy) is 1. The third-order valence-corrected chi connectivity index (χ3v) is 4.88. The van der Waals surface area contributed by atoms with Gasteiger partial charge in [0, 0.05) is 13.1 Å². The number of thiocarbonyl (C=S) groups is 1. The first-order valence-electron chi connectivity index (χ1n) is 8.35. The Morgan fingerprint density at radius 2 is 1.92 bits per heavy atom. The van der Waals surface area contributed by atoms with Gasteiger partial charge in [-0.05, 0) is 36.5 Å². The minimum Gasteiger partial charge on any atom is -0.465 e. The van der Waals surface area contributed by atoms with Crippen molar-refractivity contribution in [1.82, 2.24) is 14.5 Å². The van der Waals surface area contributed by atoms with E-state index in [0.29, 0.717) is 22.9 Å². The SMILES string of the molecule is COC(=O)c1ccccc1NC(=S)N1CCn2c(nc3ccccc32)C1. The quantitative estimate of drug-likeness (QED) is 0.556. The van der Waals surface area contributed by atoms with Crippen LogP contribution >= 0.6 is 12.2 Å². The molecule has 1 aliphatic heterocycles. The van der Waals surface area contributed by atoms with Gasteiger partial charge in [0.05, 0.1) is 35.9 Å².